The average molecular weight is 599 g/mol. The summed E-state index contributed by atoms with van der Waals surface area (Å²) in [6.45, 7) is 31.6. The van der Waals surface area contributed by atoms with Crippen LogP contribution < -0.4 is 10.9 Å². The third-order valence-corrected chi connectivity index (χ3v) is 8.18. The third-order valence-electron chi connectivity index (χ3n) is 8.18. The molecule has 46 heavy (non-hydrogen) atoms. The Labute approximate surface area is 279 Å². The van der Waals surface area contributed by atoms with Gasteiger partial charge in [0.25, 0.3) is 0 Å². The van der Waals surface area contributed by atoms with Crippen molar-refractivity contribution in [3.63, 3.8) is 0 Å². The molecule has 230 valence electrons. The maximum atomic E-state index is 4.36. The second-order valence-electron chi connectivity index (χ2n) is 10.8. The number of rotatable bonds is 14. The molecule has 0 radical (unpaired) electrons. The predicted octanol–water partition coefficient (Wildman–Crippen LogP) is 11.4. The highest BCUT2D eigenvalue weighted by molar-refractivity contribution is 6.70. The van der Waals surface area contributed by atoms with Gasteiger partial charge in [-0.3, -0.25) is 0 Å². The zero-order valence-corrected chi connectivity index (χ0v) is 28.4. The monoisotopic (exact) mass is 598 g/mol. The lowest BCUT2D eigenvalue weighted by molar-refractivity contribution is 1.42. The van der Waals surface area contributed by atoms with Crippen LogP contribution in [0.1, 0.15) is 77.8 Å². The van der Waals surface area contributed by atoms with Crippen molar-refractivity contribution in [2.75, 3.05) is 0 Å². The maximum Gasteiger partial charge on any atom is 0.195 e. The molecule has 0 aliphatic rings. The minimum absolute atomic E-state index is 0.678. The maximum absolute atomic E-state index is 4.36. The Morgan fingerprint density at radius 1 is 0.587 bits per heavy atom. The van der Waals surface area contributed by atoms with Gasteiger partial charge in [0.05, 0.1) is 0 Å². The number of allylic oxidation sites excluding steroid dienone is 10. The highest BCUT2D eigenvalue weighted by Crippen LogP contribution is 2.36. The molecule has 0 atom stereocenters. The molecule has 0 fully saturated rings. The number of benzene rings is 3. The predicted molar refractivity (Wildman–Crippen MR) is 216 cm³/mol. The Balaban J connectivity index is 2.65. The van der Waals surface area contributed by atoms with Crippen LogP contribution in [0.4, 0.5) is 0 Å². The van der Waals surface area contributed by atoms with Crippen LogP contribution in [0.2, 0.25) is 0 Å². The Bertz CT molecular complexity index is 1810. The molecule has 0 nitrogen and oxygen atoms in total. The largest absolute Gasteiger partial charge is 0.195 e. The molecule has 0 aliphatic carbocycles. The molecule has 0 saturated carbocycles. The summed E-state index contributed by atoms with van der Waals surface area (Å²) in [6.07, 6.45) is 33.0. The van der Waals surface area contributed by atoms with Gasteiger partial charge in [-0.15, -0.1) is 0 Å². The topological polar surface area (TPSA) is 0 Å². The molecule has 0 N–H and O–H groups in total. The fraction of sp³-hybridized carbons (Fsp3) is 0.111. The molecular weight excluding hydrogens is 551 g/mol. The first-order chi connectivity index (χ1) is 22.4. The summed E-state index contributed by atoms with van der Waals surface area (Å²) >= 11 is 0. The lowest BCUT2D eigenvalue weighted by atomic mass is 9.55. The molecular formula is C45H47B. The quantitative estimate of drug-likeness (QED) is 0.128. The van der Waals surface area contributed by atoms with Crippen LogP contribution in [0.25, 0.3) is 59.2 Å². The molecule has 0 amide bonds. The fourth-order valence-electron chi connectivity index (χ4n) is 6.24. The Kier molecular flexibility index (Phi) is 13.4. The standard InChI is InChI=1S/C45H47B/c1-11-20-28-33(16-6)42-36(18-8)41(31-21-12-2)44(32(10)38(42)25-13-3)46-45-37(19-9)39(26-14-4)43(34-29-23-22-24-30-34)35(17-7)40(45)27-15-5/h11-31,46H,2,6-9H2,1,3-5,10H3/b20-11-,25-13-,26-14-,27-15-,31-21-,33-28+. The second-order valence-corrected chi connectivity index (χ2v) is 10.8. The molecule has 0 spiro atoms. The van der Waals surface area contributed by atoms with Gasteiger partial charge in [-0.2, -0.15) is 0 Å². The summed E-state index contributed by atoms with van der Waals surface area (Å²) in [6, 6.07) is 10.6. The first-order valence-corrected chi connectivity index (χ1v) is 15.9. The van der Waals surface area contributed by atoms with Crippen molar-refractivity contribution < 1.29 is 0 Å². The van der Waals surface area contributed by atoms with E-state index in [1.54, 1.807) is 0 Å². The van der Waals surface area contributed by atoms with Crippen molar-refractivity contribution in [1.29, 1.82) is 0 Å². The van der Waals surface area contributed by atoms with Crippen LogP contribution in [-0.4, -0.2) is 7.28 Å². The van der Waals surface area contributed by atoms with Crippen LogP contribution in [0.3, 0.4) is 0 Å². The minimum atomic E-state index is 0.678. The summed E-state index contributed by atoms with van der Waals surface area (Å²) in [5, 5.41) is 0. The second kappa shape index (κ2) is 17.4. The van der Waals surface area contributed by atoms with E-state index in [9.17, 15) is 0 Å². The lowest BCUT2D eigenvalue weighted by Crippen LogP contribution is -2.37. The molecule has 0 aromatic heterocycles. The molecule has 3 rings (SSSR count). The van der Waals surface area contributed by atoms with E-state index in [1.807, 2.05) is 49.5 Å². The highest BCUT2D eigenvalue weighted by atomic mass is 14.2. The summed E-state index contributed by atoms with van der Waals surface area (Å²) in [4.78, 5) is 0. The molecule has 0 saturated heterocycles. The summed E-state index contributed by atoms with van der Waals surface area (Å²) < 4.78 is 0. The molecule has 3 aromatic carbocycles. The van der Waals surface area contributed by atoms with Gasteiger partial charge >= 0.3 is 0 Å². The summed E-state index contributed by atoms with van der Waals surface area (Å²) in [7, 11) is 0.678. The van der Waals surface area contributed by atoms with Crippen LogP contribution in [-0.2, 0) is 0 Å². The van der Waals surface area contributed by atoms with Gasteiger partial charge in [-0.05, 0) is 101 Å². The van der Waals surface area contributed by atoms with Crippen molar-refractivity contribution >= 4 is 66.3 Å². The van der Waals surface area contributed by atoms with Crippen LogP contribution in [0.5, 0.6) is 0 Å². The van der Waals surface area contributed by atoms with E-state index in [-0.39, 0.29) is 0 Å². The third kappa shape index (κ3) is 7.22. The number of hydrogen-bond acceptors (Lipinski definition) is 0. The SMILES string of the molecule is C=C/C=C\c1c(Bc2c(C=C)c(/C=C\C)c(-c3ccccc3)c(C=C)c2/C=C\C)c(C)c(/C=C\C)c(/C(C=C)=C/C=C\C)c1C=C. The molecule has 0 unspecified atom stereocenters. The van der Waals surface area contributed by atoms with Gasteiger partial charge in [0.2, 0.25) is 0 Å². The Hall–Kier alpha value is -5.14. The van der Waals surface area contributed by atoms with Crippen molar-refractivity contribution in [3.05, 3.63) is 168 Å². The Morgan fingerprint density at radius 3 is 1.72 bits per heavy atom. The van der Waals surface area contributed by atoms with Gasteiger partial charge in [0, 0.05) is 0 Å². The van der Waals surface area contributed by atoms with Crippen molar-refractivity contribution in [2.45, 2.75) is 34.6 Å². The van der Waals surface area contributed by atoms with Crippen LogP contribution in [0.15, 0.2) is 118 Å². The van der Waals surface area contributed by atoms with Gasteiger partial charge in [-0.25, -0.2) is 0 Å². The van der Waals surface area contributed by atoms with E-state index in [4.69, 9.17) is 0 Å². The molecule has 3 aromatic rings. The van der Waals surface area contributed by atoms with Gasteiger partial charge in [-0.1, -0.05) is 171 Å². The Morgan fingerprint density at radius 2 is 1.17 bits per heavy atom. The van der Waals surface area contributed by atoms with Crippen molar-refractivity contribution in [3.8, 4) is 11.1 Å². The van der Waals surface area contributed by atoms with E-state index in [0.29, 0.717) is 7.28 Å². The van der Waals surface area contributed by atoms with Gasteiger partial charge in [0.1, 0.15) is 0 Å². The van der Waals surface area contributed by atoms with Crippen molar-refractivity contribution in [1.82, 2.24) is 0 Å². The van der Waals surface area contributed by atoms with Gasteiger partial charge in [0.15, 0.2) is 7.28 Å². The molecule has 0 bridgehead atoms. The number of hydrogen-bond donors (Lipinski definition) is 0. The summed E-state index contributed by atoms with van der Waals surface area (Å²) in [5.41, 5.74) is 15.9. The lowest BCUT2D eigenvalue weighted by Gasteiger charge is -2.26. The molecule has 0 heterocycles. The molecule has 1 heteroatoms. The van der Waals surface area contributed by atoms with Gasteiger partial charge < -0.3 is 0 Å². The first-order valence-electron chi connectivity index (χ1n) is 15.9. The zero-order chi connectivity index (χ0) is 33.6. The van der Waals surface area contributed by atoms with E-state index in [0.717, 1.165) is 61.2 Å². The highest BCUT2D eigenvalue weighted by Gasteiger charge is 2.25. The normalized spacial score (nSPS) is 12.2. The summed E-state index contributed by atoms with van der Waals surface area (Å²) in [5.74, 6) is 0. The van der Waals surface area contributed by atoms with E-state index >= 15 is 0 Å². The van der Waals surface area contributed by atoms with Crippen molar-refractivity contribution in [2.24, 2.45) is 0 Å². The fourth-order valence-corrected chi connectivity index (χ4v) is 6.24. The van der Waals surface area contributed by atoms with E-state index in [2.05, 4.69) is 146 Å². The molecule has 0 aliphatic heterocycles. The average Bonchev–Trinajstić information content (AvgIpc) is 3.07. The van der Waals surface area contributed by atoms with E-state index in [1.165, 1.54) is 16.5 Å². The van der Waals surface area contributed by atoms with E-state index < -0.39 is 0 Å². The first kappa shape index (κ1) is 35.3. The zero-order valence-electron chi connectivity index (χ0n) is 28.4. The minimum Gasteiger partial charge on any atom is -0.0991 e. The smallest absolute Gasteiger partial charge is 0.0991 e. The van der Waals surface area contributed by atoms with Crippen LogP contribution in [0, 0.1) is 6.92 Å². The van der Waals surface area contributed by atoms with Crippen LogP contribution >= 0.6 is 0 Å².